The Hall–Kier alpha value is -1.10. The number of rotatable bonds is 8. The summed E-state index contributed by atoms with van der Waals surface area (Å²) in [7, 11) is 0. The van der Waals surface area contributed by atoms with Crippen LogP contribution in [-0.2, 0) is 9.59 Å². The maximum Gasteiger partial charge on any atom is 0.311 e. The Morgan fingerprint density at radius 2 is 1.88 bits per heavy atom. The number of carbonyl (C=O) groups is 2. The summed E-state index contributed by atoms with van der Waals surface area (Å²) in [6, 6.07) is 0.488. The number of carboxylic acid groups (broad SMARTS) is 1. The van der Waals surface area contributed by atoms with Gasteiger partial charge in [0.05, 0.1) is 12.0 Å². The lowest BCUT2D eigenvalue weighted by Gasteiger charge is -2.26. The fraction of sp³-hybridized carbons (Fsp3) is 0.833. The highest BCUT2D eigenvalue weighted by molar-refractivity contribution is 5.80. The van der Waals surface area contributed by atoms with Gasteiger partial charge in [0.25, 0.3) is 0 Å². The molecule has 0 radical (unpaired) electrons. The van der Waals surface area contributed by atoms with Gasteiger partial charge in [-0.05, 0) is 25.7 Å². The predicted molar refractivity (Wildman–Crippen MR) is 64.7 cm³/mol. The molecule has 0 aliphatic heterocycles. The number of hydrogen-bond acceptors (Lipinski definition) is 3. The summed E-state index contributed by atoms with van der Waals surface area (Å²) in [5.74, 6) is -0.956. The van der Waals surface area contributed by atoms with Crippen LogP contribution in [0.1, 0.15) is 39.5 Å². The Kier molecular flexibility index (Phi) is 4.93. The summed E-state index contributed by atoms with van der Waals surface area (Å²) in [5.41, 5.74) is -0.824. The van der Waals surface area contributed by atoms with Crippen LogP contribution in [0.4, 0.5) is 0 Å². The molecule has 1 fully saturated rings. The van der Waals surface area contributed by atoms with Gasteiger partial charge in [-0.1, -0.05) is 13.8 Å². The highest BCUT2D eigenvalue weighted by Crippen LogP contribution is 2.25. The minimum atomic E-state index is -0.835. The molecule has 1 rings (SSSR count). The van der Waals surface area contributed by atoms with Crippen molar-refractivity contribution in [3.05, 3.63) is 0 Å². The van der Waals surface area contributed by atoms with Crippen LogP contribution in [0.15, 0.2) is 0 Å². The summed E-state index contributed by atoms with van der Waals surface area (Å²) in [4.78, 5) is 22.7. The molecule has 0 aromatic carbocycles. The van der Waals surface area contributed by atoms with Gasteiger partial charge < -0.3 is 15.7 Å². The molecule has 0 saturated heterocycles. The molecule has 17 heavy (non-hydrogen) atoms. The van der Waals surface area contributed by atoms with E-state index in [2.05, 4.69) is 10.6 Å². The average Bonchev–Trinajstić information content (AvgIpc) is 3.12. The van der Waals surface area contributed by atoms with Crippen LogP contribution in [0.25, 0.3) is 0 Å². The summed E-state index contributed by atoms with van der Waals surface area (Å²) in [6.45, 7) is 4.17. The smallest absolute Gasteiger partial charge is 0.311 e. The van der Waals surface area contributed by atoms with Crippen LogP contribution in [-0.4, -0.2) is 36.1 Å². The van der Waals surface area contributed by atoms with Crippen LogP contribution in [0.3, 0.4) is 0 Å². The molecule has 0 unspecified atom stereocenters. The van der Waals surface area contributed by atoms with E-state index in [1.165, 1.54) is 0 Å². The highest BCUT2D eigenvalue weighted by Gasteiger charge is 2.35. The summed E-state index contributed by atoms with van der Waals surface area (Å²) in [5, 5.41) is 15.0. The van der Waals surface area contributed by atoms with E-state index in [1.54, 1.807) is 0 Å². The maximum atomic E-state index is 11.5. The van der Waals surface area contributed by atoms with E-state index in [4.69, 9.17) is 0 Å². The van der Waals surface area contributed by atoms with Crippen molar-refractivity contribution in [2.24, 2.45) is 5.41 Å². The van der Waals surface area contributed by atoms with Gasteiger partial charge in [0.15, 0.2) is 0 Å². The molecular formula is C12H22N2O3. The zero-order chi connectivity index (χ0) is 12.9. The number of amides is 1. The molecule has 1 aliphatic carbocycles. The zero-order valence-corrected chi connectivity index (χ0v) is 10.6. The van der Waals surface area contributed by atoms with E-state index in [9.17, 15) is 14.7 Å². The van der Waals surface area contributed by atoms with Crippen LogP contribution < -0.4 is 10.6 Å². The van der Waals surface area contributed by atoms with E-state index in [0.717, 1.165) is 12.8 Å². The maximum absolute atomic E-state index is 11.5. The largest absolute Gasteiger partial charge is 0.481 e. The predicted octanol–water partition coefficient (Wildman–Crippen LogP) is 0.746. The SMILES string of the molecule is CCC(CC)(CNC(=O)CNC1CC1)C(=O)O. The van der Waals surface area contributed by atoms with Crippen LogP contribution in [0.5, 0.6) is 0 Å². The Labute approximate surface area is 102 Å². The normalized spacial score (nSPS) is 15.6. The molecule has 0 spiro atoms. The second-order valence-electron chi connectivity index (χ2n) is 4.72. The molecule has 0 bridgehead atoms. The zero-order valence-electron chi connectivity index (χ0n) is 10.6. The lowest BCUT2D eigenvalue weighted by molar-refractivity contribution is -0.149. The van der Waals surface area contributed by atoms with Crippen molar-refractivity contribution < 1.29 is 14.7 Å². The molecule has 5 nitrogen and oxygen atoms in total. The number of carbonyl (C=O) groups excluding carboxylic acids is 1. The Balaban J connectivity index is 2.34. The second-order valence-corrected chi connectivity index (χ2v) is 4.72. The van der Waals surface area contributed by atoms with Gasteiger partial charge in [-0.3, -0.25) is 9.59 Å². The fourth-order valence-corrected chi connectivity index (χ4v) is 1.73. The van der Waals surface area contributed by atoms with Gasteiger partial charge in [0.1, 0.15) is 0 Å². The Morgan fingerprint density at radius 1 is 1.29 bits per heavy atom. The van der Waals surface area contributed by atoms with Crippen LogP contribution in [0.2, 0.25) is 0 Å². The molecule has 1 amide bonds. The van der Waals surface area contributed by atoms with E-state index < -0.39 is 11.4 Å². The Bertz CT molecular complexity index is 283. The summed E-state index contributed by atoms with van der Waals surface area (Å²) < 4.78 is 0. The topological polar surface area (TPSA) is 78.4 Å². The van der Waals surface area contributed by atoms with Crippen LogP contribution >= 0.6 is 0 Å². The number of carboxylic acids is 1. The molecule has 98 valence electrons. The van der Waals surface area contributed by atoms with Crippen molar-refractivity contribution >= 4 is 11.9 Å². The molecule has 0 aromatic rings. The Morgan fingerprint density at radius 3 is 2.29 bits per heavy atom. The fourth-order valence-electron chi connectivity index (χ4n) is 1.73. The minimum absolute atomic E-state index is 0.121. The number of nitrogens with one attached hydrogen (secondary N) is 2. The summed E-state index contributed by atoms with van der Waals surface area (Å²) >= 11 is 0. The first kappa shape index (κ1) is 14.0. The minimum Gasteiger partial charge on any atom is -0.481 e. The first-order chi connectivity index (χ1) is 8.04. The second kappa shape index (κ2) is 6.00. The molecule has 0 atom stereocenters. The van der Waals surface area contributed by atoms with Crippen molar-refractivity contribution in [1.29, 1.82) is 0 Å². The van der Waals surface area contributed by atoms with Crippen molar-refractivity contribution in [1.82, 2.24) is 10.6 Å². The van der Waals surface area contributed by atoms with Gasteiger partial charge in [-0.2, -0.15) is 0 Å². The highest BCUT2D eigenvalue weighted by atomic mass is 16.4. The van der Waals surface area contributed by atoms with Crippen LogP contribution in [0, 0.1) is 5.41 Å². The lowest BCUT2D eigenvalue weighted by Crippen LogP contribution is -2.45. The van der Waals surface area contributed by atoms with Gasteiger partial charge in [-0.15, -0.1) is 0 Å². The molecule has 1 saturated carbocycles. The van der Waals surface area contributed by atoms with Crippen molar-refractivity contribution in [2.45, 2.75) is 45.6 Å². The molecule has 0 aromatic heterocycles. The van der Waals surface area contributed by atoms with Crippen molar-refractivity contribution in [3.8, 4) is 0 Å². The van der Waals surface area contributed by atoms with Gasteiger partial charge >= 0.3 is 5.97 Å². The van der Waals surface area contributed by atoms with Gasteiger partial charge in [0.2, 0.25) is 5.91 Å². The standard InChI is InChI=1S/C12H22N2O3/c1-3-12(4-2,11(16)17)8-14-10(15)7-13-9-5-6-9/h9,13H,3-8H2,1-2H3,(H,14,15)(H,16,17). The summed E-state index contributed by atoms with van der Waals surface area (Å²) in [6.07, 6.45) is 3.32. The molecule has 0 heterocycles. The molecule has 5 heteroatoms. The average molecular weight is 242 g/mol. The van der Waals surface area contributed by atoms with Crippen molar-refractivity contribution in [3.63, 3.8) is 0 Å². The number of aliphatic carboxylic acids is 1. The lowest BCUT2D eigenvalue weighted by atomic mass is 9.82. The quantitative estimate of drug-likeness (QED) is 0.587. The monoisotopic (exact) mass is 242 g/mol. The number of hydrogen-bond donors (Lipinski definition) is 3. The third-order valence-electron chi connectivity index (χ3n) is 3.56. The third-order valence-corrected chi connectivity index (χ3v) is 3.56. The van der Waals surface area contributed by atoms with E-state index in [-0.39, 0.29) is 19.0 Å². The molecular weight excluding hydrogens is 220 g/mol. The van der Waals surface area contributed by atoms with E-state index in [1.807, 2.05) is 13.8 Å². The van der Waals surface area contributed by atoms with Gasteiger partial charge in [0, 0.05) is 12.6 Å². The van der Waals surface area contributed by atoms with E-state index in [0.29, 0.717) is 18.9 Å². The first-order valence-electron chi connectivity index (χ1n) is 6.27. The van der Waals surface area contributed by atoms with Gasteiger partial charge in [-0.25, -0.2) is 0 Å². The first-order valence-corrected chi connectivity index (χ1v) is 6.27. The van der Waals surface area contributed by atoms with Crippen molar-refractivity contribution in [2.75, 3.05) is 13.1 Å². The third kappa shape index (κ3) is 4.00. The molecule has 1 aliphatic rings. The molecule has 3 N–H and O–H groups in total. The van der Waals surface area contributed by atoms with E-state index >= 15 is 0 Å².